The Morgan fingerprint density at radius 1 is 0.854 bits per heavy atom. The molecule has 1 saturated carbocycles. The summed E-state index contributed by atoms with van der Waals surface area (Å²) in [6.07, 6.45) is 3.50. The van der Waals surface area contributed by atoms with Crippen LogP contribution in [0.3, 0.4) is 0 Å². The van der Waals surface area contributed by atoms with Crippen molar-refractivity contribution in [1.82, 2.24) is 5.32 Å². The summed E-state index contributed by atoms with van der Waals surface area (Å²) in [6.45, 7) is 1.96. The van der Waals surface area contributed by atoms with E-state index in [9.17, 15) is 19.2 Å². The molecule has 244 valence electrons. The highest BCUT2D eigenvalue weighted by molar-refractivity contribution is 6.22. The van der Waals surface area contributed by atoms with E-state index in [4.69, 9.17) is 10.7 Å². The maximum absolute atomic E-state index is 14.7. The number of carbonyl (C=O) groups excluding carboxylic acids is 4. The molecular weight excluding hydrogens is 600 g/mol. The molecule has 4 aromatic rings. The molecule has 3 atom stereocenters. The number of rotatable bonds is 12. The van der Waals surface area contributed by atoms with E-state index in [0.29, 0.717) is 59.0 Å². The van der Waals surface area contributed by atoms with Crippen molar-refractivity contribution in [3.63, 3.8) is 0 Å². The largest absolute Gasteiger partial charge is 0.369 e. The standard InChI is InChI=1S/C40H40N4O4/c1-2-13-31(37(41)46)33(24-26-14-11-15-26)39(47)43-38-40(48)44(30-21-12-20-29(25-30)36(45)28-18-7-4-8-19-28)34-23-10-9-22-32(34)35(42-38)27-16-5-3-6-17-27/h3-10,12,16-23,25-26,31,33,38H,2,11,13-15,24H2,1H3,(H2,41,46)(H,43,47)/t31-,33+,38?/m0/s1. The summed E-state index contributed by atoms with van der Waals surface area (Å²) in [4.78, 5) is 61.6. The summed E-state index contributed by atoms with van der Waals surface area (Å²) in [7, 11) is 0. The number of hydrogen-bond acceptors (Lipinski definition) is 5. The molecule has 6 rings (SSSR count). The number of fused-ring (bicyclic) bond motifs is 1. The van der Waals surface area contributed by atoms with E-state index in [0.717, 1.165) is 24.8 Å². The number of anilines is 2. The Morgan fingerprint density at radius 3 is 2.19 bits per heavy atom. The van der Waals surface area contributed by atoms with Gasteiger partial charge in [0.05, 0.1) is 11.4 Å². The average Bonchev–Trinajstić information content (AvgIpc) is 3.21. The Labute approximate surface area is 281 Å². The maximum Gasteiger partial charge on any atom is 0.276 e. The van der Waals surface area contributed by atoms with Gasteiger partial charge in [-0.15, -0.1) is 0 Å². The first-order valence-electron chi connectivity index (χ1n) is 16.7. The minimum absolute atomic E-state index is 0.175. The maximum atomic E-state index is 14.7. The lowest BCUT2D eigenvalue weighted by molar-refractivity contribution is -0.136. The highest BCUT2D eigenvalue weighted by Crippen LogP contribution is 2.37. The van der Waals surface area contributed by atoms with Gasteiger partial charge in [-0.05, 0) is 37.0 Å². The van der Waals surface area contributed by atoms with Crippen molar-refractivity contribution in [1.29, 1.82) is 0 Å². The smallest absolute Gasteiger partial charge is 0.276 e. The lowest BCUT2D eigenvalue weighted by Gasteiger charge is -2.33. The summed E-state index contributed by atoms with van der Waals surface area (Å²) < 4.78 is 0. The third kappa shape index (κ3) is 6.83. The van der Waals surface area contributed by atoms with Crippen LogP contribution in [-0.4, -0.2) is 35.4 Å². The molecule has 1 fully saturated rings. The Balaban J connectivity index is 1.44. The monoisotopic (exact) mass is 640 g/mol. The van der Waals surface area contributed by atoms with Gasteiger partial charge < -0.3 is 11.1 Å². The minimum atomic E-state index is -1.31. The number of primary amides is 1. The van der Waals surface area contributed by atoms with Crippen molar-refractivity contribution >= 4 is 40.6 Å². The third-order valence-corrected chi connectivity index (χ3v) is 9.44. The quantitative estimate of drug-likeness (QED) is 0.170. The predicted octanol–water partition coefficient (Wildman–Crippen LogP) is 6.58. The lowest BCUT2D eigenvalue weighted by atomic mass is 9.74. The topological polar surface area (TPSA) is 122 Å². The van der Waals surface area contributed by atoms with Crippen molar-refractivity contribution < 1.29 is 19.2 Å². The zero-order valence-corrected chi connectivity index (χ0v) is 27.0. The van der Waals surface area contributed by atoms with E-state index >= 15 is 0 Å². The molecule has 1 heterocycles. The molecule has 1 unspecified atom stereocenters. The van der Waals surface area contributed by atoms with Gasteiger partial charge in [-0.25, -0.2) is 4.99 Å². The summed E-state index contributed by atoms with van der Waals surface area (Å²) in [6, 6.07) is 32.9. The van der Waals surface area contributed by atoms with Crippen molar-refractivity contribution in [2.24, 2.45) is 28.5 Å². The molecule has 1 aliphatic carbocycles. The van der Waals surface area contributed by atoms with Gasteiger partial charge in [0, 0.05) is 39.8 Å². The van der Waals surface area contributed by atoms with E-state index < -0.39 is 35.7 Å². The molecule has 0 aromatic heterocycles. The van der Waals surface area contributed by atoms with Crippen molar-refractivity contribution in [3.8, 4) is 0 Å². The second kappa shape index (κ2) is 14.6. The molecule has 0 bridgehead atoms. The molecule has 4 aromatic carbocycles. The van der Waals surface area contributed by atoms with Gasteiger partial charge in [-0.1, -0.05) is 124 Å². The fourth-order valence-electron chi connectivity index (χ4n) is 6.73. The Hall–Kier alpha value is -5.37. The van der Waals surface area contributed by atoms with Crippen LogP contribution in [0.4, 0.5) is 11.4 Å². The first kappa shape index (κ1) is 32.6. The van der Waals surface area contributed by atoms with Gasteiger partial charge in [0.1, 0.15) is 0 Å². The fourth-order valence-corrected chi connectivity index (χ4v) is 6.73. The number of nitrogens with zero attached hydrogens (tertiary/aromatic N) is 2. The third-order valence-electron chi connectivity index (χ3n) is 9.44. The highest BCUT2D eigenvalue weighted by atomic mass is 16.2. The fraction of sp³-hybridized carbons (Fsp3) is 0.275. The van der Waals surface area contributed by atoms with Crippen LogP contribution in [0.1, 0.15) is 72.5 Å². The molecule has 0 saturated heterocycles. The number of amides is 3. The summed E-state index contributed by atoms with van der Waals surface area (Å²) in [5, 5.41) is 2.96. The van der Waals surface area contributed by atoms with Crippen LogP contribution in [0.15, 0.2) is 114 Å². The van der Waals surface area contributed by atoms with E-state index in [1.807, 2.05) is 79.7 Å². The molecule has 3 amide bonds. The van der Waals surface area contributed by atoms with Gasteiger partial charge >= 0.3 is 0 Å². The molecule has 0 radical (unpaired) electrons. The summed E-state index contributed by atoms with van der Waals surface area (Å²) >= 11 is 0. The van der Waals surface area contributed by atoms with Crippen LogP contribution in [0.5, 0.6) is 0 Å². The Kier molecular flexibility index (Phi) is 9.90. The first-order valence-corrected chi connectivity index (χ1v) is 16.7. The number of hydrogen-bond donors (Lipinski definition) is 2. The van der Waals surface area contributed by atoms with Crippen molar-refractivity contribution in [2.75, 3.05) is 4.90 Å². The van der Waals surface area contributed by atoms with Crippen LogP contribution in [0, 0.1) is 17.8 Å². The zero-order valence-electron chi connectivity index (χ0n) is 27.0. The average molecular weight is 641 g/mol. The van der Waals surface area contributed by atoms with Crippen molar-refractivity contribution in [2.45, 2.75) is 51.6 Å². The van der Waals surface area contributed by atoms with E-state index in [-0.39, 0.29) is 5.78 Å². The molecular formula is C40H40N4O4. The lowest BCUT2D eigenvalue weighted by Crippen LogP contribution is -2.50. The van der Waals surface area contributed by atoms with Gasteiger partial charge in [0.25, 0.3) is 5.91 Å². The molecule has 1 aliphatic heterocycles. The number of ketones is 1. The van der Waals surface area contributed by atoms with E-state index in [1.165, 1.54) is 4.90 Å². The number of carbonyl (C=O) groups is 4. The zero-order chi connectivity index (χ0) is 33.6. The molecule has 0 spiro atoms. The van der Waals surface area contributed by atoms with Gasteiger partial charge in [0.2, 0.25) is 18.0 Å². The van der Waals surface area contributed by atoms with Crippen LogP contribution >= 0.6 is 0 Å². The molecule has 3 N–H and O–H groups in total. The van der Waals surface area contributed by atoms with Gasteiger partial charge in [-0.2, -0.15) is 0 Å². The number of benzene rings is 4. The number of nitrogens with two attached hydrogens (primary N) is 1. The SMILES string of the molecule is CCC[C@H](C(N)=O)[C@@H](CC1CCC1)C(=O)NC1N=C(c2ccccc2)c2ccccc2N(c2cccc(C(=O)c3ccccc3)c2)C1=O. The number of nitrogens with one attached hydrogen (secondary N) is 1. The summed E-state index contributed by atoms with van der Waals surface area (Å²) in [5.41, 5.74) is 9.86. The summed E-state index contributed by atoms with van der Waals surface area (Å²) in [5.74, 6) is -2.58. The van der Waals surface area contributed by atoms with Gasteiger partial charge in [0.15, 0.2) is 5.78 Å². The van der Waals surface area contributed by atoms with Crippen LogP contribution < -0.4 is 16.0 Å². The van der Waals surface area contributed by atoms with E-state index in [2.05, 4.69) is 5.32 Å². The van der Waals surface area contributed by atoms with Crippen LogP contribution in [0.25, 0.3) is 0 Å². The van der Waals surface area contributed by atoms with E-state index in [1.54, 1.807) is 36.4 Å². The second-order valence-electron chi connectivity index (χ2n) is 12.6. The molecule has 2 aliphatic rings. The normalized spacial score (nSPS) is 17.3. The van der Waals surface area contributed by atoms with Crippen molar-refractivity contribution in [3.05, 3.63) is 131 Å². The minimum Gasteiger partial charge on any atom is -0.369 e. The van der Waals surface area contributed by atoms with Crippen LogP contribution in [0.2, 0.25) is 0 Å². The number of aliphatic imine (C=N–C) groups is 1. The first-order chi connectivity index (χ1) is 23.4. The molecule has 48 heavy (non-hydrogen) atoms. The van der Waals surface area contributed by atoms with Gasteiger partial charge in [-0.3, -0.25) is 24.1 Å². The van der Waals surface area contributed by atoms with Crippen LogP contribution in [-0.2, 0) is 14.4 Å². The number of benzodiazepines with no additional fused rings is 1. The predicted molar refractivity (Wildman–Crippen MR) is 187 cm³/mol. The highest BCUT2D eigenvalue weighted by Gasteiger charge is 2.39. The molecule has 8 nitrogen and oxygen atoms in total. The Morgan fingerprint density at radius 2 is 1.52 bits per heavy atom. The Bertz CT molecular complexity index is 1830. The number of para-hydroxylation sites is 1. The second-order valence-corrected chi connectivity index (χ2v) is 12.6. The molecule has 8 heteroatoms.